The number of β-amino-alcohol motifs (C(OH)–C–C–N with tert-alkyl or cyclic N) is 1. The second-order valence-corrected chi connectivity index (χ2v) is 12.8. The van der Waals surface area contributed by atoms with Gasteiger partial charge in [0.1, 0.15) is 23.9 Å². The molecule has 1 aromatic carbocycles. The van der Waals surface area contributed by atoms with Gasteiger partial charge in [0.15, 0.2) is 12.2 Å². The molecule has 1 atom stereocenters. The number of aliphatic hydroxyl groups is 1. The second-order valence-electron chi connectivity index (χ2n) is 12.8. The quantitative estimate of drug-likeness (QED) is 0.282. The predicted molar refractivity (Wildman–Crippen MR) is 176 cm³/mol. The zero-order valence-corrected chi connectivity index (χ0v) is 27.4. The van der Waals surface area contributed by atoms with Gasteiger partial charge in [-0.15, -0.1) is 0 Å². The van der Waals surface area contributed by atoms with E-state index in [4.69, 9.17) is 14.1 Å². The van der Waals surface area contributed by atoms with Crippen LogP contribution in [0.1, 0.15) is 72.1 Å². The van der Waals surface area contributed by atoms with Crippen molar-refractivity contribution in [1.29, 1.82) is 0 Å². The Kier molecular flexibility index (Phi) is 10.5. The van der Waals surface area contributed by atoms with E-state index in [9.17, 15) is 14.7 Å². The number of rotatable bonds is 11. The van der Waals surface area contributed by atoms with Gasteiger partial charge in [-0.05, 0) is 68.7 Å². The zero-order chi connectivity index (χ0) is 32.8. The molecule has 3 aliphatic rings. The third-order valence-corrected chi connectivity index (χ3v) is 9.33. The Bertz CT molecular complexity index is 1530. The van der Waals surface area contributed by atoms with E-state index in [1.54, 1.807) is 13.0 Å². The van der Waals surface area contributed by atoms with E-state index in [1.165, 1.54) is 23.9 Å². The lowest BCUT2D eigenvalue weighted by Gasteiger charge is -2.32. The van der Waals surface area contributed by atoms with Crippen molar-refractivity contribution in [2.45, 2.75) is 77.7 Å². The number of carbonyl (C=O) groups excluding carboxylic acids is 2. The summed E-state index contributed by atoms with van der Waals surface area (Å²) in [6, 6.07) is 7.96. The van der Waals surface area contributed by atoms with E-state index < -0.39 is 6.10 Å². The number of nitrogens with zero attached hydrogens (tertiary/aromatic N) is 6. The molecule has 2 aromatic heterocycles. The summed E-state index contributed by atoms with van der Waals surface area (Å²) in [5.41, 5.74) is 3.54. The number of amides is 2. The number of anilines is 2. The number of benzene rings is 1. The molecule has 47 heavy (non-hydrogen) atoms. The van der Waals surface area contributed by atoms with Crippen molar-refractivity contribution in [1.82, 2.24) is 30.1 Å². The summed E-state index contributed by atoms with van der Waals surface area (Å²) < 4.78 is 11.3. The molecular weight excluding hydrogens is 600 g/mol. The van der Waals surface area contributed by atoms with E-state index in [1.807, 2.05) is 17.9 Å². The van der Waals surface area contributed by atoms with Crippen molar-refractivity contribution in [2.75, 3.05) is 56.0 Å². The lowest BCUT2D eigenvalue weighted by Crippen LogP contribution is -2.42. The van der Waals surface area contributed by atoms with Crippen molar-refractivity contribution in [3.63, 3.8) is 0 Å². The van der Waals surface area contributed by atoms with Crippen molar-refractivity contribution < 1.29 is 23.8 Å². The van der Waals surface area contributed by atoms with Crippen molar-refractivity contribution in [3.8, 4) is 5.75 Å². The van der Waals surface area contributed by atoms with Crippen molar-refractivity contribution in [2.24, 2.45) is 0 Å². The molecule has 3 N–H and O–H groups in total. The molecule has 5 heterocycles. The number of carbonyl (C=O) groups is 2. The van der Waals surface area contributed by atoms with Crippen LogP contribution in [0.5, 0.6) is 5.75 Å². The highest BCUT2D eigenvalue weighted by Gasteiger charge is 2.24. The highest BCUT2D eigenvalue weighted by Crippen LogP contribution is 2.25. The zero-order valence-electron chi connectivity index (χ0n) is 27.4. The molecular formula is C34H46N8O5. The van der Waals surface area contributed by atoms with Gasteiger partial charge in [-0.3, -0.25) is 14.5 Å². The number of likely N-dealkylation sites (tertiary alicyclic amines) is 1. The Morgan fingerprint density at radius 1 is 1.06 bits per heavy atom. The van der Waals surface area contributed by atoms with Crippen LogP contribution in [0.3, 0.4) is 0 Å². The van der Waals surface area contributed by atoms with Gasteiger partial charge in [0, 0.05) is 71.4 Å². The third kappa shape index (κ3) is 8.58. The summed E-state index contributed by atoms with van der Waals surface area (Å²) in [6.45, 7) is 9.02. The summed E-state index contributed by atoms with van der Waals surface area (Å²) >= 11 is 0. The minimum atomic E-state index is -0.735. The van der Waals surface area contributed by atoms with Crippen LogP contribution >= 0.6 is 0 Å². The second kappa shape index (κ2) is 15.1. The Morgan fingerprint density at radius 3 is 2.62 bits per heavy atom. The summed E-state index contributed by atoms with van der Waals surface area (Å²) in [5, 5.41) is 17.3. The number of nitrogens with one attached hydrogen (secondary N) is 2. The molecule has 1 unspecified atom stereocenters. The molecule has 0 bridgehead atoms. The molecule has 2 amide bonds. The van der Waals surface area contributed by atoms with Crippen LogP contribution in [0.2, 0.25) is 0 Å². The van der Waals surface area contributed by atoms with Crippen molar-refractivity contribution in [3.05, 3.63) is 58.9 Å². The first kappa shape index (κ1) is 32.7. The number of hydrogen-bond donors (Lipinski definition) is 3. The SMILES string of the molecule is CC(=O)N1CCC(Nc2cc(C(=O)NCC(O)CN3CCc4cc(OCc5ocnc5C)ccc4C3)nc(N3CCCCC3)n2)CC1. The topological polar surface area (TPSA) is 149 Å². The van der Waals surface area contributed by atoms with Gasteiger partial charge in [-0.25, -0.2) is 9.97 Å². The van der Waals surface area contributed by atoms with E-state index in [0.29, 0.717) is 44.6 Å². The predicted octanol–water partition coefficient (Wildman–Crippen LogP) is 2.91. The first-order valence-corrected chi connectivity index (χ1v) is 16.8. The number of fused-ring (bicyclic) bond motifs is 1. The Labute approximate surface area is 275 Å². The van der Waals surface area contributed by atoms with E-state index >= 15 is 0 Å². The van der Waals surface area contributed by atoms with Gasteiger partial charge < -0.3 is 34.7 Å². The number of oxazole rings is 1. The van der Waals surface area contributed by atoms with E-state index in [2.05, 4.69) is 42.5 Å². The minimum Gasteiger partial charge on any atom is -0.486 e. The number of hydrogen-bond acceptors (Lipinski definition) is 11. The maximum absolute atomic E-state index is 13.3. The fourth-order valence-electron chi connectivity index (χ4n) is 6.52. The maximum atomic E-state index is 13.3. The van der Waals surface area contributed by atoms with Gasteiger partial charge in [-0.1, -0.05) is 6.07 Å². The molecule has 13 heteroatoms. The van der Waals surface area contributed by atoms with Crippen LogP contribution in [0.25, 0.3) is 0 Å². The highest BCUT2D eigenvalue weighted by atomic mass is 16.5. The molecule has 3 aromatic rings. The molecule has 2 fully saturated rings. The van der Waals surface area contributed by atoms with Crippen LogP contribution < -0.4 is 20.3 Å². The summed E-state index contributed by atoms with van der Waals surface area (Å²) in [4.78, 5) is 44.8. The van der Waals surface area contributed by atoms with Crippen LogP contribution in [0.4, 0.5) is 11.8 Å². The van der Waals surface area contributed by atoms with Crippen LogP contribution in [-0.4, -0.2) is 99.6 Å². The molecule has 13 nitrogen and oxygen atoms in total. The first-order valence-electron chi connectivity index (χ1n) is 16.8. The molecule has 0 radical (unpaired) electrons. The molecule has 0 spiro atoms. The summed E-state index contributed by atoms with van der Waals surface area (Å²) in [5.74, 6) is 2.43. The van der Waals surface area contributed by atoms with E-state index in [0.717, 1.165) is 68.9 Å². The third-order valence-electron chi connectivity index (χ3n) is 9.33. The Morgan fingerprint density at radius 2 is 1.87 bits per heavy atom. The van der Waals surface area contributed by atoms with Crippen LogP contribution in [0.15, 0.2) is 35.1 Å². The van der Waals surface area contributed by atoms with Gasteiger partial charge in [-0.2, -0.15) is 4.98 Å². The molecule has 0 aliphatic carbocycles. The number of ether oxygens (including phenoxy) is 1. The number of aromatic nitrogens is 3. The lowest BCUT2D eigenvalue weighted by molar-refractivity contribution is -0.129. The van der Waals surface area contributed by atoms with Gasteiger partial charge >= 0.3 is 0 Å². The molecule has 6 rings (SSSR count). The fourth-order valence-corrected chi connectivity index (χ4v) is 6.52. The first-order chi connectivity index (χ1) is 22.8. The average Bonchev–Trinajstić information content (AvgIpc) is 3.50. The van der Waals surface area contributed by atoms with Gasteiger partial charge in [0.2, 0.25) is 11.9 Å². The van der Waals surface area contributed by atoms with Crippen LogP contribution in [0, 0.1) is 6.92 Å². The number of aryl methyl sites for hydroxylation is 1. The maximum Gasteiger partial charge on any atom is 0.270 e. The minimum absolute atomic E-state index is 0.0963. The fraction of sp³-hybridized carbons (Fsp3) is 0.559. The average molecular weight is 647 g/mol. The molecule has 0 saturated carbocycles. The lowest BCUT2D eigenvalue weighted by atomic mass is 9.99. The highest BCUT2D eigenvalue weighted by molar-refractivity contribution is 5.93. The largest absolute Gasteiger partial charge is 0.486 e. The summed E-state index contributed by atoms with van der Waals surface area (Å²) in [6.07, 6.45) is 6.48. The normalized spacial score (nSPS) is 18.0. The number of piperidine rings is 2. The smallest absolute Gasteiger partial charge is 0.270 e. The Balaban J connectivity index is 1.02. The molecule has 3 aliphatic heterocycles. The summed E-state index contributed by atoms with van der Waals surface area (Å²) in [7, 11) is 0. The molecule has 2 saturated heterocycles. The van der Waals surface area contributed by atoms with Gasteiger partial charge in [0.05, 0.1) is 11.8 Å². The van der Waals surface area contributed by atoms with Crippen molar-refractivity contribution >= 4 is 23.6 Å². The Hall–Kier alpha value is -4.23. The monoisotopic (exact) mass is 646 g/mol. The van der Waals surface area contributed by atoms with Crippen LogP contribution in [-0.2, 0) is 24.4 Å². The van der Waals surface area contributed by atoms with Gasteiger partial charge in [0.25, 0.3) is 5.91 Å². The molecule has 252 valence electrons. The number of aliphatic hydroxyl groups excluding tert-OH is 1. The van der Waals surface area contributed by atoms with E-state index in [-0.39, 0.29) is 30.1 Å². The standard InChI is InChI=1S/C34H46N8O5/c1-23-31(47-22-36-23)21-46-29-7-6-26-19-40(13-8-25(26)16-29)20-28(44)18-35-33(45)30-17-32(37-27-9-14-41(15-10-27)24(2)43)39-34(38-30)42-11-4-3-5-12-42/h6-7,16-17,22,27-28,44H,3-5,8-15,18-21H2,1-2H3,(H,35,45)(H,37,38,39).